The van der Waals surface area contributed by atoms with Gasteiger partial charge in [0.25, 0.3) is 0 Å². The minimum atomic E-state index is -1.14. The molecule has 0 amide bonds. The molecule has 0 rings (SSSR count). The van der Waals surface area contributed by atoms with Gasteiger partial charge in [0.05, 0.1) is 0 Å². The SMILES string of the molecule is O=C([O-])CCCCC(=O)[O-].[Si]. The Balaban J connectivity index is 0. The van der Waals surface area contributed by atoms with Crippen molar-refractivity contribution in [2.75, 3.05) is 0 Å². The van der Waals surface area contributed by atoms with E-state index in [1.54, 1.807) is 0 Å². The standard InChI is InChI=1S/C6H10O4.Si/c7-5(8)3-1-2-4-6(9)10;/h1-4H2,(H,7,8)(H,9,10);/p-2. The van der Waals surface area contributed by atoms with E-state index >= 15 is 0 Å². The molecule has 0 heterocycles. The molecule has 0 aliphatic rings. The minimum absolute atomic E-state index is 0. The summed E-state index contributed by atoms with van der Waals surface area (Å²) in [6, 6.07) is 0. The van der Waals surface area contributed by atoms with Crippen molar-refractivity contribution in [2.45, 2.75) is 25.7 Å². The number of carboxylic acid groups (broad SMARTS) is 2. The van der Waals surface area contributed by atoms with Crippen LogP contribution in [0.5, 0.6) is 0 Å². The maximum Gasteiger partial charge on any atom is 0.0414 e. The largest absolute Gasteiger partial charge is 0.550 e. The van der Waals surface area contributed by atoms with Gasteiger partial charge in [0, 0.05) is 22.9 Å². The Morgan fingerprint density at radius 3 is 1.36 bits per heavy atom. The second kappa shape index (κ2) is 7.27. The fourth-order valence-electron chi connectivity index (χ4n) is 0.539. The van der Waals surface area contributed by atoms with E-state index in [-0.39, 0.29) is 23.8 Å². The molecule has 0 saturated heterocycles. The quantitative estimate of drug-likeness (QED) is 0.344. The summed E-state index contributed by atoms with van der Waals surface area (Å²) in [5.74, 6) is -2.28. The van der Waals surface area contributed by atoms with E-state index in [0.717, 1.165) is 0 Å². The van der Waals surface area contributed by atoms with E-state index in [2.05, 4.69) is 0 Å². The first-order valence-electron chi connectivity index (χ1n) is 3.02. The summed E-state index contributed by atoms with van der Waals surface area (Å²) in [5.41, 5.74) is 0. The maximum absolute atomic E-state index is 9.77. The molecule has 0 aliphatic heterocycles. The molecule has 0 aromatic rings. The third-order valence-corrected chi connectivity index (χ3v) is 1.01. The Morgan fingerprint density at radius 1 is 0.909 bits per heavy atom. The van der Waals surface area contributed by atoms with Gasteiger partial charge in [-0.3, -0.25) is 0 Å². The zero-order chi connectivity index (χ0) is 7.98. The van der Waals surface area contributed by atoms with Gasteiger partial charge in [0.15, 0.2) is 0 Å². The number of carbonyl (C=O) groups is 2. The van der Waals surface area contributed by atoms with Gasteiger partial charge in [-0.25, -0.2) is 0 Å². The van der Waals surface area contributed by atoms with E-state index < -0.39 is 11.9 Å². The van der Waals surface area contributed by atoms with Crippen LogP contribution in [-0.4, -0.2) is 22.9 Å². The second-order valence-corrected chi connectivity index (χ2v) is 1.95. The molecule has 0 aromatic heterocycles. The van der Waals surface area contributed by atoms with Gasteiger partial charge in [0.1, 0.15) is 0 Å². The van der Waals surface area contributed by atoms with Gasteiger partial charge in [-0.1, -0.05) is 0 Å². The van der Waals surface area contributed by atoms with Crippen LogP contribution in [0.1, 0.15) is 25.7 Å². The third-order valence-electron chi connectivity index (χ3n) is 1.01. The number of hydrogen-bond donors (Lipinski definition) is 0. The van der Waals surface area contributed by atoms with Gasteiger partial charge in [-0.05, 0) is 25.7 Å². The van der Waals surface area contributed by atoms with E-state index in [1.165, 1.54) is 0 Å². The van der Waals surface area contributed by atoms with Crippen LogP contribution < -0.4 is 10.2 Å². The highest BCUT2D eigenvalue weighted by atomic mass is 28.1. The number of hydrogen-bond acceptors (Lipinski definition) is 4. The van der Waals surface area contributed by atoms with Gasteiger partial charge in [-0.2, -0.15) is 0 Å². The molecule has 0 bridgehead atoms. The van der Waals surface area contributed by atoms with Crippen LogP contribution in [0.4, 0.5) is 0 Å². The van der Waals surface area contributed by atoms with Crippen LogP contribution in [0.15, 0.2) is 0 Å². The average Bonchev–Trinajstić information content (AvgIpc) is 1.79. The van der Waals surface area contributed by atoms with Crippen molar-refractivity contribution in [3.63, 3.8) is 0 Å². The molecule has 4 nitrogen and oxygen atoms in total. The van der Waals surface area contributed by atoms with Crippen LogP contribution in [0.25, 0.3) is 0 Å². The first kappa shape index (κ1) is 12.8. The van der Waals surface area contributed by atoms with E-state index in [4.69, 9.17) is 0 Å². The number of carbonyl (C=O) groups excluding carboxylic acids is 2. The van der Waals surface area contributed by atoms with Crippen molar-refractivity contribution < 1.29 is 19.8 Å². The highest BCUT2D eigenvalue weighted by Crippen LogP contribution is 1.96. The van der Waals surface area contributed by atoms with Crippen LogP contribution in [0.2, 0.25) is 0 Å². The summed E-state index contributed by atoms with van der Waals surface area (Å²) in [7, 11) is 0. The summed E-state index contributed by atoms with van der Waals surface area (Å²) in [6.07, 6.45) is 0.535. The van der Waals surface area contributed by atoms with E-state index in [1.807, 2.05) is 0 Å². The lowest BCUT2D eigenvalue weighted by Crippen LogP contribution is -2.23. The van der Waals surface area contributed by atoms with Crippen LogP contribution in [0.3, 0.4) is 0 Å². The Bertz CT molecular complexity index is 119. The molecule has 0 aromatic carbocycles. The Kier molecular flexibility index (Phi) is 8.46. The van der Waals surface area contributed by atoms with Crippen LogP contribution in [-0.2, 0) is 9.59 Å². The van der Waals surface area contributed by atoms with Crippen molar-refractivity contribution in [1.82, 2.24) is 0 Å². The molecule has 0 N–H and O–H groups in total. The highest BCUT2D eigenvalue weighted by Gasteiger charge is 1.89. The third kappa shape index (κ3) is 12.4. The van der Waals surface area contributed by atoms with Crippen molar-refractivity contribution in [3.8, 4) is 0 Å². The zero-order valence-electron chi connectivity index (χ0n) is 5.96. The molecule has 0 unspecified atom stereocenters. The molecule has 0 fully saturated rings. The second-order valence-electron chi connectivity index (χ2n) is 1.95. The van der Waals surface area contributed by atoms with Gasteiger partial charge in [-0.15, -0.1) is 0 Å². The molecular weight excluding hydrogens is 164 g/mol. The molecule has 5 heteroatoms. The number of aliphatic carboxylic acids is 2. The average molecular weight is 172 g/mol. The predicted octanol–water partition coefficient (Wildman–Crippen LogP) is -2.33. The lowest BCUT2D eigenvalue weighted by atomic mass is 10.2. The van der Waals surface area contributed by atoms with Crippen LogP contribution in [0, 0.1) is 0 Å². The summed E-state index contributed by atoms with van der Waals surface area (Å²) in [4.78, 5) is 19.5. The lowest BCUT2D eigenvalue weighted by Gasteiger charge is -2.01. The zero-order valence-corrected chi connectivity index (χ0v) is 6.96. The molecule has 62 valence electrons. The fourth-order valence-corrected chi connectivity index (χ4v) is 0.539. The maximum atomic E-state index is 9.77. The highest BCUT2D eigenvalue weighted by molar-refractivity contribution is 5.75. The van der Waals surface area contributed by atoms with Crippen molar-refractivity contribution in [1.29, 1.82) is 0 Å². The predicted molar refractivity (Wildman–Crippen MR) is 34.2 cm³/mol. The summed E-state index contributed by atoms with van der Waals surface area (Å²) in [6.45, 7) is 0. The van der Waals surface area contributed by atoms with Crippen molar-refractivity contribution in [2.24, 2.45) is 0 Å². The Morgan fingerprint density at radius 2 is 1.18 bits per heavy atom. The fraction of sp³-hybridized carbons (Fsp3) is 0.667. The normalized spacial score (nSPS) is 8.36. The van der Waals surface area contributed by atoms with Gasteiger partial charge < -0.3 is 19.8 Å². The summed E-state index contributed by atoms with van der Waals surface area (Å²) < 4.78 is 0. The smallest absolute Gasteiger partial charge is 0.0414 e. The molecule has 11 heavy (non-hydrogen) atoms. The Hall–Kier alpha value is -0.843. The van der Waals surface area contributed by atoms with Gasteiger partial charge in [0.2, 0.25) is 0 Å². The number of unbranched alkanes of at least 4 members (excludes halogenated alkanes) is 1. The topological polar surface area (TPSA) is 80.3 Å². The van der Waals surface area contributed by atoms with E-state index in [0.29, 0.717) is 12.8 Å². The van der Waals surface area contributed by atoms with E-state index in [9.17, 15) is 19.8 Å². The summed E-state index contributed by atoms with van der Waals surface area (Å²) >= 11 is 0. The Labute approximate surface area is 69.2 Å². The van der Waals surface area contributed by atoms with Crippen molar-refractivity contribution >= 4 is 22.9 Å². The summed E-state index contributed by atoms with van der Waals surface area (Å²) in [5, 5.41) is 19.5. The van der Waals surface area contributed by atoms with Gasteiger partial charge >= 0.3 is 0 Å². The molecule has 0 saturated carbocycles. The minimum Gasteiger partial charge on any atom is -0.550 e. The lowest BCUT2D eigenvalue weighted by molar-refractivity contribution is -0.308. The number of rotatable bonds is 5. The number of carboxylic acids is 2. The molecular formula is C6H8O4Si-2. The molecule has 0 spiro atoms. The molecule has 0 atom stereocenters. The first-order valence-corrected chi connectivity index (χ1v) is 3.02. The van der Waals surface area contributed by atoms with Crippen molar-refractivity contribution in [3.05, 3.63) is 0 Å². The van der Waals surface area contributed by atoms with Crippen LogP contribution >= 0.6 is 0 Å². The molecule has 0 aliphatic carbocycles. The monoisotopic (exact) mass is 172 g/mol. The first-order chi connectivity index (χ1) is 4.63. The molecule has 4 radical (unpaired) electrons.